The minimum Gasteiger partial charge on any atom is -0.444 e. The van der Waals surface area contributed by atoms with E-state index in [0.717, 1.165) is 0 Å². The third-order valence-corrected chi connectivity index (χ3v) is 2.26. The van der Waals surface area contributed by atoms with E-state index in [1.807, 2.05) is 0 Å². The van der Waals surface area contributed by atoms with E-state index >= 15 is 0 Å². The van der Waals surface area contributed by atoms with Gasteiger partial charge in [0.2, 0.25) is 0 Å². The molecule has 6 heteroatoms. The van der Waals surface area contributed by atoms with Crippen LogP contribution < -0.4 is 0 Å². The zero-order valence-electron chi connectivity index (χ0n) is 11.4. The molecule has 0 aliphatic heterocycles. The van der Waals surface area contributed by atoms with Gasteiger partial charge in [0.25, 0.3) is 0 Å². The second kappa shape index (κ2) is 5.20. The average molecular weight is 253 g/mol. The van der Waals surface area contributed by atoms with Gasteiger partial charge in [-0.15, -0.1) is 0 Å². The van der Waals surface area contributed by atoms with Crippen LogP contribution in [0.5, 0.6) is 0 Å². The number of hydrogen-bond acceptors (Lipinski definition) is 4. The summed E-state index contributed by atoms with van der Waals surface area (Å²) in [6.45, 7) is 5.32. The molecule has 0 radical (unpaired) electrons. The number of amides is 1. The first-order valence-corrected chi connectivity index (χ1v) is 5.65. The molecule has 0 fully saturated rings. The molecule has 0 bridgehead atoms. The van der Waals surface area contributed by atoms with E-state index in [-0.39, 0.29) is 0 Å². The van der Waals surface area contributed by atoms with E-state index in [2.05, 4.69) is 5.10 Å². The molecule has 1 rings (SSSR count). The number of aryl methyl sites for hydroxylation is 1. The smallest absolute Gasteiger partial charge is 0.410 e. The zero-order chi connectivity index (χ0) is 13.9. The first-order valence-electron chi connectivity index (χ1n) is 5.65. The van der Waals surface area contributed by atoms with E-state index in [1.165, 1.54) is 11.9 Å². The molecule has 0 spiro atoms. The van der Waals surface area contributed by atoms with E-state index < -0.39 is 17.7 Å². The SMILES string of the molecule is CN(C(=O)OC(C)(C)C)C(C=O)c1ccn(C)n1. The average Bonchev–Trinajstić information content (AvgIpc) is 2.63. The second-order valence-electron chi connectivity index (χ2n) is 5.09. The van der Waals surface area contributed by atoms with Gasteiger partial charge in [0.1, 0.15) is 17.9 Å². The molecule has 1 aromatic rings. The normalized spacial score (nSPS) is 12.9. The van der Waals surface area contributed by atoms with Gasteiger partial charge >= 0.3 is 6.09 Å². The predicted molar refractivity (Wildman–Crippen MR) is 66.0 cm³/mol. The highest BCUT2D eigenvalue weighted by atomic mass is 16.6. The van der Waals surface area contributed by atoms with Crippen LogP contribution in [0, 0.1) is 0 Å². The van der Waals surface area contributed by atoms with E-state index in [1.54, 1.807) is 44.8 Å². The van der Waals surface area contributed by atoms with Gasteiger partial charge in [-0.05, 0) is 26.8 Å². The lowest BCUT2D eigenvalue weighted by Gasteiger charge is -2.27. The Hall–Kier alpha value is -1.85. The standard InChI is InChI=1S/C12H19N3O3/c1-12(2,3)18-11(17)15(5)10(8-16)9-6-7-14(4)13-9/h6-8,10H,1-5H3. The maximum Gasteiger partial charge on any atom is 0.410 e. The van der Waals surface area contributed by atoms with Gasteiger partial charge in [0.15, 0.2) is 0 Å². The number of likely N-dealkylation sites (N-methyl/N-ethyl adjacent to an activating group) is 1. The Morgan fingerprint density at radius 2 is 2.17 bits per heavy atom. The van der Waals surface area contributed by atoms with Crippen LogP contribution in [0.15, 0.2) is 12.3 Å². The highest BCUT2D eigenvalue weighted by molar-refractivity contribution is 5.74. The van der Waals surface area contributed by atoms with Crippen LogP contribution in [0.3, 0.4) is 0 Å². The molecule has 0 aliphatic carbocycles. The van der Waals surface area contributed by atoms with E-state index in [9.17, 15) is 9.59 Å². The lowest BCUT2D eigenvalue weighted by molar-refractivity contribution is -0.112. The number of ether oxygens (including phenoxy) is 1. The molecule has 0 N–H and O–H groups in total. The Morgan fingerprint density at radius 3 is 2.56 bits per heavy atom. The Bertz CT molecular complexity index is 434. The summed E-state index contributed by atoms with van der Waals surface area (Å²) in [5, 5.41) is 4.12. The molecular weight excluding hydrogens is 234 g/mol. The van der Waals surface area contributed by atoms with E-state index in [0.29, 0.717) is 12.0 Å². The predicted octanol–water partition coefficient (Wildman–Crippen LogP) is 1.53. The Morgan fingerprint density at radius 1 is 1.56 bits per heavy atom. The Balaban J connectivity index is 2.83. The zero-order valence-corrected chi connectivity index (χ0v) is 11.4. The van der Waals surface area contributed by atoms with E-state index in [4.69, 9.17) is 4.74 Å². The van der Waals surface area contributed by atoms with Crippen LogP contribution in [0.1, 0.15) is 32.5 Å². The maximum absolute atomic E-state index is 11.8. The molecule has 0 aromatic carbocycles. The number of aromatic nitrogens is 2. The molecule has 1 aromatic heterocycles. The molecule has 18 heavy (non-hydrogen) atoms. The maximum atomic E-state index is 11.8. The van der Waals surface area contributed by atoms with Crippen LogP contribution in [0.25, 0.3) is 0 Å². The fraction of sp³-hybridized carbons (Fsp3) is 0.583. The third kappa shape index (κ3) is 3.58. The van der Waals surface area contributed by atoms with Crippen LogP contribution in [-0.2, 0) is 16.6 Å². The summed E-state index contributed by atoms with van der Waals surface area (Å²) >= 11 is 0. The largest absolute Gasteiger partial charge is 0.444 e. The molecular formula is C12H19N3O3. The first-order chi connectivity index (χ1) is 8.24. The summed E-state index contributed by atoms with van der Waals surface area (Å²) in [5.74, 6) is 0. The summed E-state index contributed by atoms with van der Waals surface area (Å²) < 4.78 is 6.78. The second-order valence-corrected chi connectivity index (χ2v) is 5.09. The van der Waals surface area contributed by atoms with Crippen LogP contribution in [-0.4, -0.2) is 39.7 Å². The highest BCUT2D eigenvalue weighted by Gasteiger charge is 2.27. The van der Waals surface area contributed by atoms with Crippen molar-refractivity contribution in [1.82, 2.24) is 14.7 Å². The van der Waals surface area contributed by atoms with Gasteiger partial charge in [-0.1, -0.05) is 0 Å². The summed E-state index contributed by atoms with van der Waals surface area (Å²) in [5.41, 5.74) is -0.0797. The molecule has 1 atom stereocenters. The number of nitrogens with zero attached hydrogens (tertiary/aromatic N) is 3. The molecule has 0 aliphatic rings. The lowest BCUT2D eigenvalue weighted by atomic mass is 10.2. The van der Waals surface area contributed by atoms with Crippen LogP contribution >= 0.6 is 0 Å². The topological polar surface area (TPSA) is 64.4 Å². The molecule has 1 amide bonds. The summed E-state index contributed by atoms with van der Waals surface area (Å²) in [6, 6.07) is 0.959. The molecule has 1 unspecified atom stereocenters. The Labute approximate surface area is 107 Å². The summed E-state index contributed by atoms with van der Waals surface area (Å²) in [7, 11) is 3.26. The van der Waals surface area contributed by atoms with Gasteiger partial charge < -0.3 is 9.53 Å². The van der Waals surface area contributed by atoms with Crippen molar-refractivity contribution in [3.63, 3.8) is 0 Å². The van der Waals surface area contributed by atoms with Gasteiger partial charge in [0.05, 0.1) is 5.69 Å². The minimum absolute atomic E-state index is 0.515. The van der Waals surface area contributed by atoms with Crippen LogP contribution in [0.2, 0.25) is 0 Å². The van der Waals surface area contributed by atoms with Crippen molar-refractivity contribution in [2.45, 2.75) is 32.4 Å². The van der Waals surface area contributed by atoms with Gasteiger partial charge in [-0.25, -0.2) is 4.79 Å². The quantitative estimate of drug-likeness (QED) is 0.766. The number of carbonyl (C=O) groups is 2. The third-order valence-electron chi connectivity index (χ3n) is 2.26. The van der Waals surface area contributed by atoms with Crippen molar-refractivity contribution in [2.24, 2.45) is 7.05 Å². The monoisotopic (exact) mass is 253 g/mol. The van der Waals surface area contributed by atoms with Crippen molar-refractivity contribution in [3.05, 3.63) is 18.0 Å². The number of aldehydes is 1. The fourth-order valence-electron chi connectivity index (χ4n) is 1.40. The minimum atomic E-state index is -0.735. The van der Waals surface area contributed by atoms with Gasteiger partial charge in [-0.3, -0.25) is 9.58 Å². The fourth-order valence-corrected chi connectivity index (χ4v) is 1.40. The molecule has 100 valence electrons. The van der Waals surface area contributed by atoms with Crippen molar-refractivity contribution in [3.8, 4) is 0 Å². The summed E-state index contributed by atoms with van der Waals surface area (Å²) in [4.78, 5) is 24.2. The molecule has 1 heterocycles. The van der Waals surface area contributed by atoms with Crippen molar-refractivity contribution < 1.29 is 14.3 Å². The van der Waals surface area contributed by atoms with Crippen molar-refractivity contribution in [2.75, 3.05) is 7.05 Å². The first kappa shape index (κ1) is 14.2. The molecule has 6 nitrogen and oxygen atoms in total. The van der Waals surface area contributed by atoms with Crippen molar-refractivity contribution in [1.29, 1.82) is 0 Å². The number of carbonyl (C=O) groups excluding carboxylic acids is 2. The lowest BCUT2D eigenvalue weighted by Crippen LogP contribution is -2.37. The van der Waals surface area contributed by atoms with Gasteiger partial charge in [0, 0.05) is 20.3 Å². The highest BCUT2D eigenvalue weighted by Crippen LogP contribution is 2.18. The Kier molecular flexibility index (Phi) is 4.11. The van der Waals surface area contributed by atoms with Crippen molar-refractivity contribution >= 4 is 12.4 Å². The summed E-state index contributed by atoms with van der Waals surface area (Å²) in [6.07, 6.45) is 1.84. The molecule has 0 saturated heterocycles. The van der Waals surface area contributed by atoms with Crippen LogP contribution in [0.4, 0.5) is 4.79 Å². The molecule has 0 saturated carbocycles. The number of rotatable bonds is 3. The van der Waals surface area contributed by atoms with Gasteiger partial charge in [-0.2, -0.15) is 5.10 Å². The number of hydrogen-bond donors (Lipinski definition) is 0.